The fourth-order valence-electron chi connectivity index (χ4n) is 9.59. The Labute approximate surface area is 409 Å². The lowest BCUT2D eigenvalue weighted by molar-refractivity contribution is -0.123. The highest BCUT2D eigenvalue weighted by Gasteiger charge is 2.18. The molecule has 0 aromatic heterocycles. The van der Waals surface area contributed by atoms with Gasteiger partial charge in [-0.3, -0.25) is 4.79 Å². The van der Waals surface area contributed by atoms with Gasteiger partial charge in [-0.15, -0.1) is 0 Å². The van der Waals surface area contributed by atoms with E-state index in [9.17, 15) is 15.0 Å². The molecule has 1 amide bonds. The molecular weight excluding hydrogens is 795 g/mol. The Morgan fingerprint density at radius 2 is 0.585 bits per heavy atom. The number of unbranched alkanes of at least 4 members (excludes halogenated alkanes) is 47. The first-order chi connectivity index (χ1) is 32.2. The van der Waals surface area contributed by atoms with Crippen LogP contribution in [0.15, 0.2) is 24.3 Å². The van der Waals surface area contributed by atoms with Crippen LogP contribution in [-0.4, -0.2) is 34.9 Å². The molecular formula is C61H119NO3. The molecule has 0 fully saturated rings. The minimum absolute atomic E-state index is 0.0574. The quantitative estimate of drug-likeness (QED) is 0.0421. The molecule has 0 saturated carbocycles. The molecule has 0 spiro atoms. The summed E-state index contributed by atoms with van der Waals surface area (Å²) in [7, 11) is 0. The summed E-state index contributed by atoms with van der Waals surface area (Å²) in [6.45, 7) is 4.35. The largest absolute Gasteiger partial charge is 0.394 e. The summed E-state index contributed by atoms with van der Waals surface area (Å²) in [4.78, 5) is 12.5. The van der Waals surface area contributed by atoms with Crippen LogP contribution in [0.25, 0.3) is 0 Å². The third kappa shape index (κ3) is 53.7. The van der Waals surface area contributed by atoms with Crippen LogP contribution < -0.4 is 5.32 Å². The van der Waals surface area contributed by atoms with Gasteiger partial charge in [0, 0.05) is 6.42 Å². The average molecular weight is 915 g/mol. The van der Waals surface area contributed by atoms with Crippen molar-refractivity contribution >= 4 is 5.91 Å². The Kier molecular flexibility index (Phi) is 56.2. The van der Waals surface area contributed by atoms with Gasteiger partial charge in [0.2, 0.25) is 5.91 Å². The summed E-state index contributed by atoms with van der Waals surface area (Å²) in [6.07, 6.45) is 76.5. The van der Waals surface area contributed by atoms with E-state index in [-0.39, 0.29) is 12.5 Å². The molecule has 4 heteroatoms. The Hall–Kier alpha value is -1.13. The van der Waals surface area contributed by atoms with E-state index in [1.165, 1.54) is 295 Å². The van der Waals surface area contributed by atoms with Gasteiger partial charge in [-0.2, -0.15) is 0 Å². The van der Waals surface area contributed by atoms with E-state index >= 15 is 0 Å². The lowest BCUT2D eigenvalue weighted by Gasteiger charge is -2.20. The van der Waals surface area contributed by atoms with Crippen LogP contribution in [-0.2, 0) is 4.79 Å². The molecule has 2 unspecified atom stereocenters. The lowest BCUT2D eigenvalue weighted by Crippen LogP contribution is -2.45. The summed E-state index contributed by atoms with van der Waals surface area (Å²) < 4.78 is 0. The minimum atomic E-state index is -0.837. The van der Waals surface area contributed by atoms with E-state index in [2.05, 4.69) is 31.3 Å². The SMILES string of the molecule is CCCCCCCCCCCCCCCC/C=C\CCCCCCCCCCCCCCCCCCCC(=O)NC(CO)C(O)/C=C/CCCCCCCCCCCCCCCCCC. The van der Waals surface area contributed by atoms with Crippen LogP contribution in [0.5, 0.6) is 0 Å². The molecule has 0 heterocycles. The molecule has 0 aromatic carbocycles. The van der Waals surface area contributed by atoms with Crippen molar-refractivity contribution in [1.29, 1.82) is 0 Å². The molecule has 2 atom stereocenters. The van der Waals surface area contributed by atoms with E-state index in [0.29, 0.717) is 6.42 Å². The predicted octanol–water partition coefficient (Wildman–Crippen LogP) is 19.9. The van der Waals surface area contributed by atoms with E-state index < -0.39 is 12.1 Å². The Bertz CT molecular complexity index is 947. The van der Waals surface area contributed by atoms with E-state index in [4.69, 9.17) is 0 Å². The number of nitrogens with one attached hydrogen (secondary N) is 1. The summed E-state index contributed by atoms with van der Waals surface area (Å²) in [6, 6.07) is -0.620. The van der Waals surface area contributed by atoms with Crippen LogP contribution in [0, 0.1) is 0 Å². The van der Waals surface area contributed by atoms with Crippen molar-refractivity contribution in [3.05, 3.63) is 24.3 Å². The lowest BCUT2D eigenvalue weighted by atomic mass is 10.0. The van der Waals surface area contributed by atoms with Gasteiger partial charge in [-0.05, 0) is 44.9 Å². The van der Waals surface area contributed by atoms with Crippen LogP contribution in [0.4, 0.5) is 0 Å². The zero-order valence-electron chi connectivity index (χ0n) is 44.5. The van der Waals surface area contributed by atoms with Gasteiger partial charge in [0.25, 0.3) is 0 Å². The summed E-state index contributed by atoms with van der Waals surface area (Å²) in [5.41, 5.74) is 0. The number of aliphatic hydroxyl groups excluding tert-OH is 2. The van der Waals surface area contributed by atoms with Crippen LogP contribution in [0.3, 0.4) is 0 Å². The van der Waals surface area contributed by atoms with Crippen molar-refractivity contribution in [3.8, 4) is 0 Å². The van der Waals surface area contributed by atoms with E-state index in [1.807, 2.05) is 6.08 Å². The smallest absolute Gasteiger partial charge is 0.220 e. The van der Waals surface area contributed by atoms with Crippen molar-refractivity contribution in [2.75, 3.05) is 6.61 Å². The first-order valence-corrected chi connectivity index (χ1v) is 30.1. The molecule has 3 N–H and O–H groups in total. The van der Waals surface area contributed by atoms with Gasteiger partial charge in [0.05, 0.1) is 18.8 Å². The molecule has 0 saturated heterocycles. The van der Waals surface area contributed by atoms with Gasteiger partial charge in [-0.25, -0.2) is 0 Å². The highest BCUT2D eigenvalue weighted by molar-refractivity contribution is 5.76. The number of carbonyl (C=O) groups is 1. The van der Waals surface area contributed by atoms with Gasteiger partial charge in [0.15, 0.2) is 0 Å². The van der Waals surface area contributed by atoms with Gasteiger partial charge < -0.3 is 15.5 Å². The molecule has 65 heavy (non-hydrogen) atoms. The first kappa shape index (κ1) is 63.9. The highest BCUT2D eigenvalue weighted by atomic mass is 16.3. The van der Waals surface area contributed by atoms with Gasteiger partial charge >= 0.3 is 0 Å². The van der Waals surface area contributed by atoms with Crippen molar-refractivity contribution in [3.63, 3.8) is 0 Å². The maximum absolute atomic E-state index is 12.5. The molecule has 0 aliphatic carbocycles. The molecule has 0 aliphatic rings. The van der Waals surface area contributed by atoms with Gasteiger partial charge in [-0.1, -0.05) is 314 Å². The Morgan fingerprint density at radius 3 is 0.846 bits per heavy atom. The number of allylic oxidation sites excluding steroid dienone is 3. The fraction of sp³-hybridized carbons (Fsp3) is 0.918. The Morgan fingerprint density at radius 1 is 0.354 bits per heavy atom. The second kappa shape index (κ2) is 57.2. The predicted molar refractivity (Wildman–Crippen MR) is 290 cm³/mol. The number of rotatable bonds is 56. The molecule has 4 nitrogen and oxygen atoms in total. The van der Waals surface area contributed by atoms with Crippen molar-refractivity contribution in [2.24, 2.45) is 0 Å². The fourth-order valence-corrected chi connectivity index (χ4v) is 9.59. The summed E-state index contributed by atoms with van der Waals surface area (Å²) in [5, 5.41) is 23.2. The molecule has 0 rings (SSSR count). The third-order valence-corrected chi connectivity index (χ3v) is 14.2. The average Bonchev–Trinajstić information content (AvgIpc) is 3.31. The molecule has 0 radical (unpaired) electrons. The zero-order chi connectivity index (χ0) is 47.0. The number of hydrogen-bond acceptors (Lipinski definition) is 3. The topological polar surface area (TPSA) is 69.6 Å². The maximum atomic E-state index is 12.5. The summed E-state index contributed by atoms with van der Waals surface area (Å²) in [5.74, 6) is -0.0574. The second-order valence-corrected chi connectivity index (χ2v) is 20.8. The van der Waals surface area contributed by atoms with Crippen LogP contribution in [0.2, 0.25) is 0 Å². The van der Waals surface area contributed by atoms with E-state index in [0.717, 1.165) is 25.7 Å². The third-order valence-electron chi connectivity index (χ3n) is 14.2. The first-order valence-electron chi connectivity index (χ1n) is 30.1. The Balaban J connectivity index is 3.41. The molecule has 0 aliphatic heterocycles. The number of carbonyl (C=O) groups excluding carboxylic acids is 1. The maximum Gasteiger partial charge on any atom is 0.220 e. The summed E-state index contributed by atoms with van der Waals surface area (Å²) >= 11 is 0. The van der Waals surface area contributed by atoms with Crippen LogP contribution in [0.1, 0.15) is 341 Å². The normalized spacial score (nSPS) is 12.9. The van der Waals surface area contributed by atoms with Crippen LogP contribution >= 0.6 is 0 Å². The zero-order valence-corrected chi connectivity index (χ0v) is 44.5. The number of aliphatic hydroxyl groups is 2. The molecule has 386 valence electrons. The van der Waals surface area contributed by atoms with Gasteiger partial charge in [0.1, 0.15) is 0 Å². The number of amides is 1. The van der Waals surface area contributed by atoms with Crippen molar-refractivity contribution in [2.45, 2.75) is 353 Å². The molecule has 0 bridgehead atoms. The second-order valence-electron chi connectivity index (χ2n) is 20.8. The van der Waals surface area contributed by atoms with E-state index in [1.54, 1.807) is 6.08 Å². The number of hydrogen-bond donors (Lipinski definition) is 3. The minimum Gasteiger partial charge on any atom is -0.394 e. The van der Waals surface area contributed by atoms with Crippen molar-refractivity contribution in [1.82, 2.24) is 5.32 Å². The standard InChI is InChI=1S/C61H119NO3/c1-3-5-7-9-11-13-15-17-19-21-23-24-25-26-27-28-29-30-31-32-33-34-35-36-37-38-39-41-43-45-47-49-51-53-55-57-61(65)62-59(58-63)60(64)56-54-52-50-48-46-44-42-40-22-20-18-16-14-12-10-8-6-4-2/h28-29,54,56,59-60,63-64H,3-27,30-53,55,57-58H2,1-2H3,(H,62,65)/b29-28-,56-54+. The highest BCUT2D eigenvalue weighted by Crippen LogP contribution is 2.18. The molecule has 0 aromatic rings. The van der Waals surface area contributed by atoms with Crippen molar-refractivity contribution < 1.29 is 15.0 Å². The monoisotopic (exact) mass is 914 g/mol.